The van der Waals surface area contributed by atoms with Crippen LogP contribution in [-0.2, 0) is 9.47 Å². The summed E-state index contributed by atoms with van der Waals surface area (Å²) in [4.78, 5) is 0. The molecule has 88 valence electrons. The Labute approximate surface area is 97.1 Å². The van der Waals surface area contributed by atoms with E-state index in [9.17, 15) is 5.11 Å². The van der Waals surface area contributed by atoms with E-state index in [1.165, 1.54) is 0 Å². The first-order valence-corrected chi connectivity index (χ1v) is 5.51. The molecule has 0 aromatic carbocycles. The molecule has 2 atom stereocenters. The van der Waals surface area contributed by atoms with Gasteiger partial charge in [0, 0.05) is 6.61 Å². The van der Waals surface area contributed by atoms with E-state index in [1.54, 1.807) is 0 Å². The van der Waals surface area contributed by atoms with Crippen molar-refractivity contribution in [2.24, 2.45) is 5.92 Å². The summed E-state index contributed by atoms with van der Waals surface area (Å²) < 4.78 is 11.0. The van der Waals surface area contributed by atoms with Gasteiger partial charge in [0.15, 0.2) is 0 Å². The van der Waals surface area contributed by atoms with Crippen LogP contribution in [0, 0.1) is 30.6 Å². The number of aliphatic hydroxyl groups is 1. The molecule has 0 aliphatic heterocycles. The first-order chi connectivity index (χ1) is 7.80. The van der Waals surface area contributed by atoms with Crippen molar-refractivity contribution in [2.45, 2.75) is 31.5 Å². The first-order valence-electron chi connectivity index (χ1n) is 5.51. The van der Waals surface area contributed by atoms with Crippen molar-refractivity contribution in [2.75, 3.05) is 19.8 Å². The largest absolute Gasteiger partial charge is 0.396 e. The molecule has 0 aromatic heterocycles. The third kappa shape index (κ3) is 4.24. The number of rotatable bonds is 5. The SMILES string of the molecule is C#CCOC1CC(CO)CC(OCC#C)C1. The van der Waals surface area contributed by atoms with E-state index in [-0.39, 0.29) is 24.7 Å². The maximum Gasteiger partial charge on any atom is 0.107 e. The van der Waals surface area contributed by atoms with Gasteiger partial charge in [-0.1, -0.05) is 11.8 Å². The molecule has 1 N–H and O–H groups in total. The Morgan fingerprint density at radius 1 is 1.00 bits per heavy atom. The van der Waals surface area contributed by atoms with E-state index in [0.717, 1.165) is 19.3 Å². The summed E-state index contributed by atoms with van der Waals surface area (Å²) in [6.45, 7) is 0.779. The smallest absolute Gasteiger partial charge is 0.107 e. The van der Waals surface area contributed by atoms with Crippen molar-refractivity contribution < 1.29 is 14.6 Å². The van der Waals surface area contributed by atoms with E-state index in [0.29, 0.717) is 13.2 Å². The molecule has 0 aromatic rings. The molecule has 0 spiro atoms. The van der Waals surface area contributed by atoms with Gasteiger partial charge in [-0.3, -0.25) is 0 Å². The van der Waals surface area contributed by atoms with Crippen LogP contribution in [0.3, 0.4) is 0 Å². The standard InChI is InChI=1S/C13H18O3/c1-3-5-15-12-7-11(10-14)8-13(9-12)16-6-4-2/h1-2,11-14H,5-10H2. The Morgan fingerprint density at radius 2 is 1.50 bits per heavy atom. The van der Waals surface area contributed by atoms with Crippen molar-refractivity contribution >= 4 is 0 Å². The highest BCUT2D eigenvalue weighted by atomic mass is 16.5. The fourth-order valence-electron chi connectivity index (χ4n) is 2.08. The molecule has 2 unspecified atom stereocenters. The fourth-order valence-corrected chi connectivity index (χ4v) is 2.08. The summed E-state index contributed by atoms with van der Waals surface area (Å²) in [6, 6.07) is 0. The second-order valence-corrected chi connectivity index (χ2v) is 4.03. The lowest BCUT2D eigenvalue weighted by Gasteiger charge is -2.33. The van der Waals surface area contributed by atoms with Crippen LogP contribution in [0.4, 0.5) is 0 Å². The van der Waals surface area contributed by atoms with Gasteiger partial charge in [-0.25, -0.2) is 0 Å². The molecule has 1 saturated carbocycles. The van der Waals surface area contributed by atoms with Gasteiger partial charge >= 0.3 is 0 Å². The predicted octanol–water partition coefficient (Wildman–Crippen LogP) is 0.816. The van der Waals surface area contributed by atoms with Gasteiger partial charge in [0.2, 0.25) is 0 Å². The molecule has 1 rings (SSSR count). The molecule has 0 radical (unpaired) electrons. The van der Waals surface area contributed by atoms with Crippen molar-refractivity contribution in [3.63, 3.8) is 0 Å². The van der Waals surface area contributed by atoms with Crippen LogP contribution in [0.2, 0.25) is 0 Å². The van der Waals surface area contributed by atoms with Crippen LogP contribution in [0.15, 0.2) is 0 Å². The summed E-state index contributed by atoms with van der Waals surface area (Å²) in [7, 11) is 0. The van der Waals surface area contributed by atoms with E-state index in [2.05, 4.69) is 11.8 Å². The number of ether oxygens (including phenoxy) is 2. The number of hydrogen-bond acceptors (Lipinski definition) is 3. The van der Waals surface area contributed by atoms with Gasteiger partial charge in [-0.2, -0.15) is 0 Å². The quantitative estimate of drug-likeness (QED) is 0.700. The minimum atomic E-state index is 0.0738. The van der Waals surface area contributed by atoms with Crippen LogP contribution in [0.5, 0.6) is 0 Å². The van der Waals surface area contributed by atoms with E-state index < -0.39 is 0 Å². The van der Waals surface area contributed by atoms with E-state index in [4.69, 9.17) is 22.3 Å². The highest BCUT2D eigenvalue weighted by Gasteiger charge is 2.29. The number of terminal acetylenes is 2. The molecule has 0 bridgehead atoms. The Morgan fingerprint density at radius 3 is 1.88 bits per heavy atom. The third-order valence-electron chi connectivity index (χ3n) is 2.78. The Bertz CT molecular complexity index is 248. The van der Waals surface area contributed by atoms with Crippen LogP contribution < -0.4 is 0 Å². The highest BCUT2D eigenvalue weighted by Crippen LogP contribution is 2.28. The third-order valence-corrected chi connectivity index (χ3v) is 2.78. The highest BCUT2D eigenvalue weighted by molar-refractivity contribution is 4.88. The molecule has 1 aliphatic rings. The molecule has 0 heterocycles. The lowest BCUT2D eigenvalue weighted by atomic mass is 9.85. The van der Waals surface area contributed by atoms with Gasteiger partial charge in [0.1, 0.15) is 13.2 Å². The van der Waals surface area contributed by atoms with E-state index >= 15 is 0 Å². The Balaban J connectivity index is 2.42. The normalized spacial score (nSPS) is 29.3. The van der Waals surface area contributed by atoms with Crippen molar-refractivity contribution in [1.82, 2.24) is 0 Å². The lowest BCUT2D eigenvalue weighted by Crippen LogP contribution is -2.34. The molecule has 3 heteroatoms. The van der Waals surface area contributed by atoms with Crippen molar-refractivity contribution in [3.05, 3.63) is 0 Å². The van der Waals surface area contributed by atoms with Gasteiger partial charge < -0.3 is 14.6 Å². The zero-order valence-corrected chi connectivity index (χ0v) is 9.39. The predicted molar refractivity (Wildman–Crippen MR) is 61.6 cm³/mol. The van der Waals surface area contributed by atoms with Gasteiger partial charge in [0.25, 0.3) is 0 Å². The van der Waals surface area contributed by atoms with Crippen LogP contribution in [0.1, 0.15) is 19.3 Å². The molecular weight excluding hydrogens is 204 g/mol. The lowest BCUT2D eigenvalue weighted by molar-refractivity contribution is -0.0539. The van der Waals surface area contributed by atoms with Crippen LogP contribution in [-0.4, -0.2) is 37.1 Å². The van der Waals surface area contributed by atoms with E-state index in [1.807, 2.05) is 0 Å². The van der Waals surface area contributed by atoms with Gasteiger partial charge in [-0.15, -0.1) is 12.8 Å². The maximum absolute atomic E-state index is 9.19. The number of hydrogen-bond donors (Lipinski definition) is 1. The Hall–Kier alpha value is -1.00. The van der Waals surface area contributed by atoms with Crippen molar-refractivity contribution in [1.29, 1.82) is 0 Å². The van der Waals surface area contributed by atoms with Crippen LogP contribution >= 0.6 is 0 Å². The summed E-state index contributed by atoms with van der Waals surface area (Å²) >= 11 is 0. The van der Waals surface area contributed by atoms with Gasteiger partial charge in [-0.05, 0) is 25.2 Å². The minimum absolute atomic E-state index is 0.0738. The molecule has 0 saturated heterocycles. The topological polar surface area (TPSA) is 38.7 Å². The molecule has 3 nitrogen and oxygen atoms in total. The Kier molecular flexibility index (Phi) is 5.96. The zero-order chi connectivity index (χ0) is 11.8. The first kappa shape index (κ1) is 13.1. The summed E-state index contributed by atoms with van der Waals surface area (Å²) in [5.41, 5.74) is 0. The molecule has 0 amide bonds. The fraction of sp³-hybridized carbons (Fsp3) is 0.692. The zero-order valence-electron chi connectivity index (χ0n) is 9.39. The summed E-state index contributed by atoms with van der Waals surface area (Å²) in [5, 5.41) is 9.19. The molecule has 16 heavy (non-hydrogen) atoms. The summed E-state index contributed by atoms with van der Waals surface area (Å²) in [6.07, 6.45) is 12.9. The minimum Gasteiger partial charge on any atom is -0.396 e. The summed E-state index contributed by atoms with van der Waals surface area (Å²) in [5.74, 6) is 5.12. The average Bonchev–Trinajstić information content (AvgIpc) is 2.33. The maximum atomic E-state index is 9.19. The van der Waals surface area contributed by atoms with Gasteiger partial charge in [0.05, 0.1) is 12.2 Å². The molecule has 1 aliphatic carbocycles. The molecular formula is C13H18O3. The van der Waals surface area contributed by atoms with Crippen molar-refractivity contribution in [3.8, 4) is 24.7 Å². The molecule has 1 fully saturated rings. The van der Waals surface area contributed by atoms with Crippen LogP contribution in [0.25, 0.3) is 0 Å². The number of aliphatic hydroxyl groups excluding tert-OH is 1. The second kappa shape index (κ2) is 7.30. The average molecular weight is 222 g/mol. The second-order valence-electron chi connectivity index (χ2n) is 4.03. The monoisotopic (exact) mass is 222 g/mol.